The molecule has 0 amide bonds. The minimum absolute atomic E-state index is 0.566. The van der Waals surface area contributed by atoms with Crippen LogP contribution in [0.2, 0.25) is 5.02 Å². The fourth-order valence-electron chi connectivity index (χ4n) is 1.28. The Hall–Kier alpha value is -1.00. The number of hydrogen-bond acceptors (Lipinski definition) is 2. The molecule has 2 rings (SSSR count). The standard InChI is InChI=1S/C11H10BrClN2O/c1-2-15-7-10(12)14-11(15)16-9-5-3-8(13)4-6-9/h3-7H,2H2,1H3. The molecule has 0 N–H and O–H groups in total. The lowest BCUT2D eigenvalue weighted by Crippen LogP contribution is -1.96. The van der Waals surface area contributed by atoms with Crippen molar-refractivity contribution in [2.45, 2.75) is 13.5 Å². The molecule has 1 aromatic heterocycles. The van der Waals surface area contributed by atoms with Crippen molar-refractivity contribution in [3.05, 3.63) is 40.1 Å². The highest BCUT2D eigenvalue weighted by Gasteiger charge is 2.07. The van der Waals surface area contributed by atoms with Crippen LogP contribution >= 0.6 is 27.5 Å². The lowest BCUT2D eigenvalue weighted by molar-refractivity contribution is 0.415. The molecule has 0 aliphatic carbocycles. The normalized spacial score (nSPS) is 10.4. The second-order valence-electron chi connectivity index (χ2n) is 3.19. The Balaban J connectivity index is 2.22. The molecule has 84 valence electrons. The predicted octanol–water partition coefficient (Wildman–Crippen LogP) is 4.11. The van der Waals surface area contributed by atoms with Gasteiger partial charge in [0.05, 0.1) is 0 Å². The maximum Gasteiger partial charge on any atom is 0.302 e. The van der Waals surface area contributed by atoms with Gasteiger partial charge < -0.3 is 4.74 Å². The number of benzene rings is 1. The predicted molar refractivity (Wildman–Crippen MR) is 67.1 cm³/mol. The van der Waals surface area contributed by atoms with Gasteiger partial charge in [0, 0.05) is 17.8 Å². The van der Waals surface area contributed by atoms with Crippen LogP contribution in [0.3, 0.4) is 0 Å². The van der Waals surface area contributed by atoms with E-state index in [0.29, 0.717) is 11.0 Å². The van der Waals surface area contributed by atoms with Crippen molar-refractivity contribution in [1.82, 2.24) is 9.55 Å². The number of rotatable bonds is 3. The van der Waals surface area contributed by atoms with Crippen molar-refractivity contribution in [2.75, 3.05) is 0 Å². The number of nitrogens with zero attached hydrogens (tertiary/aromatic N) is 2. The van der Waals surface area contributed by atoms with Crippen molar-refractivity contribution >= 4 is 27.5 Å². The molecule has 0 atom stereocenters. The third-order valence-corrected chi connectivity index (χ3v) is 2.71. The maximum atomic E-state index is 5.79. The van der Waals surface area contributed by atoms with Crippen molar-refractivity contribution in [2.24, 2.45) is 0 Å². The summed E-state index contributed by atoms with van der Waals surface area (Å²) >= 11 is 9.11. The summed E-state index contributed by atoms with van der Waals surface area (Å²) in [5.41, 5.74) is 0. The smallest absolute Gasteiger partial charge is 0.302 e. The number of hydrogen-bond donors (Lipinski definition) is 0. The number of imidazole rings is 1. The molecule has 1 heterocycles. The van der Waals surface area contributed by atoms with E-state index in [2.05, 4.69) is 20.9 Å². The molecule has 5 heteroatoms. The quantitative estimate of drug-likeness (QED) is 0.853. The van der Waals surface area contributed by atoms with Gasteiger partial charge in [-0.25, -0.2) is 0 Å². The largest absolute Gasteiger partial charge is 0.425 e. The van der Waals surface area contributed by atoms with E-state index in [9.17, 15) is 0 Å². The van der Waals surface area contributed by atoms with E-state index in [1.807, 2.05) is 29.8 Å². The fourth-order valence-corrected chi connectivity index (χ4v) is 1.81. The van der Waals surface area contributed by atoms with Gasteiger partial charge in [0.15, 0.2) is 0 Å². The first kappa shape index (κ1) is 11.5. The molecular weight excluding hydrogens is 291 g/mol. The number of halogens is 2. The van der Waals surface area contributed by atoms with Crippen LogP contribution in [-0.2, 0) is 6.54 Å². The van der Waals surface area contributed by atoms with Gasteiger partial charge >= 0.3 is 6.01 Å². The van der Waals surface area contributed by atoms with E-state index in [1.54, 1.807) is 12.1 Å². The zero-order valence-electron chi connectivity index (χ0n) is 8.65. The second-order valence-corrected chi connectivity index (χ2v) is 4.44. The molecule has 0 aliphatic rings. The van der Waals surface area contributed by atoms with Crippen LogP contribution < -0.4 is 4.74 Å². The monoisotopic (exact) mass is 300 g/mol. The first-order valence-corrected chi connectivity index (χ1v) is 6.02. The SMILES string of the molecule is CCn1cc(Br)nc1Oc1ccc(Cl)cc1. The first-order valence-electron chi connectivity index (χ1n) is 4.85. The molecule has 0 radical (unpaired) electrons. The highest BCUT2D eigenvalue weighted by Crippen LogP contribution is 2.24. The molecule has 0 aliphatic heterocycles. The van der Waals surface area contributed by atoms with Crippen molar-refractivity contribution in [3.8, 4) is 11.8 Å². The third-order valence-electron chi connectivity index (χ3n) is 2.07. The van der Waals surface area contributed by atoms with Crippen LogP contribution in [-0.4, -0.2) is 9.55 Å². The Morgan fingerprint density at radius 2 is 2.06 bits per heavy atom. The molecule has 0 saturated carbocycles. The molecule has 1 aromatic carbocycles. The molecule has 2 aromatic rings. The van der Waals surface area contributed by atoms with Gasteiger partial charge in [0.1, 0.15) is 10.4 Å². The van der Waals surface area contributed by atoms with E-state index in [0.717, 1.165) is 16.9 Å². The average molecular weight is 302 g/mol. The Morgan fingerprint density at radius 3 is 2.69 bits per heavy atom. The highest BCUT2D eigenvalue weighted by atomic mass is 79.9. The van der Waals surface area contributed by atoms with E-state index < -0.39 is 0 Å². The zero-order valence-corrected chi connectivity index (χ0v) is 11.0. The highest BCUT2D eigenvalue weighted by molar-refractivity contribution is 9.10. The van der Waals surface area contributed by atoms with E-state index >= 15 is 0 Å². The summed E-state index contributed by atoms with van der Waals surface area (Å²) in [7, 11) is 0. The van der Waals surface area contributed by atoms with Crippen molar-refractivity contribution in [3.63, 3.8) is 0 Å². The van der Waals surface area contributed by atoms with Crippen molar-refractivity contribution in [1.29, 1.82) is 0 Å². The molecule has 0 bridgehead atoms. The number of aryl methyl sites for hydroxylation is 1. The van der Waals surface area contributed by atoms with Crippen LogP contribution in [0.1, 0.15) is 6.92 Å². The molecule has 0 spiro atoms. The van der Waals surface area contributed by atoms with Gasteiger partial charge in [0.2, 0.25) is 0 Å². The summed E-state index contributed by atoms with van der Waals surface area (Å²) in [6.45, 7) is 2.84. The maximum absolute atomic E-state index is 5.79. The van der Waals surface area contributed by atoms with Gasteiger partial charge in [-0.1, -0.05) is 11.6 Å². The Bertz CT molecular complexity index is 481. The summed E-state index contributed by atoms with van der Waals surface area (Å²) < 4.78 is 8.32. The second kappa shape index (κ2) is 4.89. The Labute approximate surface area is 107 Å². The van der Waals surface area contributed by atoms with Gasteiger partial charge in [-0.05, 0) is 47.1 Å². The van der Waals surface area contributed by atoms with Gasteiger partial charge in [0.25, 0.3) is 0 Å². The fraction of sp³-hybridized carbons (Fsp3) is 0.182. The lowest BCUT2D eigenvalue weighted by Gasteiger charge is -2.06. The summed E-state index contributed by atoms with van der Waals surface area (Å²) in [5.74, 6) is 0.720. The number of ether oxygens (including phenoxy) is 1. The lowest BCUT2D eigenvalue weighted by atomic mass is 10.3. The summed E-state index contributed by atoms with van der Waals surface area (Å²) in [6.07, 6.45) is 1.88. The first-order chi connectivity index (χ1) is 7.69. The zero-order chi connectivity index (χ0) is 11.5. The van der Waals surface area contributed by atoms with Crippen LogP contribution in [0.15, 0.2) is 35.1 Å². The van der Waals surface area contributed by atoms with Crippen LogP contribution in [0.5, 0.6) is 11.8 Å². The van der Waals surface area contributed by atoms with Gasteiger partial charge in [-0.2, -0.15) is 4.98 Å². The van der Waals surface area contributed by atoms with E-state index in [-0.39, 0.29) is 0 Å². The summed E-state index contributed by atoms with van der Waals surface area (Å²) in [6, 6.07) is 7.75. The molecule has 0 saturated heterocycles. The van der Waals surface area contributed by atoms with Crippen LogP contribution in [0.25, 0.3) is 0 Å². The topological polar surface area (TPSA) is 27.1 Å². The van der Waals surface area contributed by atoms with Gasteiger partial charge in [-0.3, -0.25) is 4.57 Å². The third kappa shape index (κ3) is 2.57. The molecule has 0 fully saturated rings. The van der Waals surface area contributed by atoms with Crippen molar-refractivity contribution < 1.29 is 4.74 Å². The van der Waals surface area contributed by atoms with Crippen LogP contribution in [0, 0.1) is 0 Å². The molecule has 0 unspecified atom stereocenters. The van der Waals surface area contributed by atoms with E-state index in [1.165, 1.54) is 0 Å². The minimum Gasteiger partial charge on any atom is -0.425 e. The molecular formula is C11H10BrClN2O. The summed E-state index contributed by atoms with van der Waals surface area (Å²) in [5, 5.41) is 0.687. The van der Waals surface area contributed by atoms with Gasteiger partial charge in [-0.15, -0.1) is 0 Å². The van der Waals surface area contributed by atoms with E-state index in [4.69, 9.17) is 16.3 Å². The Morgan fingerprint density at radius 1 is 1.38 bits per heavy atom. The molecule has 16 heavy (non-hydrogen) atoms. The minimum atomic E-state index is 0.566. The Kier molecular flexibility index (Phi) is 3.51. The summed E-state index contributed by atoms with van der Waals surface area (Å²) in [4.78, 5) is 4.22. The number of aromatic nitrogens is 2. The van der Waals surface area contributed by atoms with Crippen LogP contribution in [0.4, 0.5) is 0 Å². The average Bonchev–Trinajstić information content (AvgIpc) is 2.62. The molecule has 3 nitrogen and oxygen atoms in total.